The highest BCUT2D eigenvalue weighted by Gasteiger charge is 2.25. The summed E-state index contributed by atoms with van der Waals surface area (Å²) >= 11 is 0. The summed E-state index contributed by atoms with van der Waals surface area (Å²) in [5.41, 5.74) is 2.19. The molecule has 0 N–H and O–H groups in total. The van der Waals surface area contributed by atoms with Crippen LogP contribution in [0.3, 0.4) is 0 Å². The van der Waals surface area contributed by atoms with Crippen LogP contribution in [0.15, 0.2) is 4.52 Å². The van der Waals surface area contributed by atoms with Gasteiger partial charge >= 0.3 is 0 Å². The molecule has 1 aromatic rings. The van der Waals surface area contributed by atoms with Crippen LogP contribution in [-0.4, -0.2) is 47.0 Å². The van der Waals surface area contributed by atoms with Gasteiger partial charge in [-0.2, -0.15) is 0 Å². The number of aromatic nitrogens is 1. The molecule has 0 bridgehead atoms. The van der Waals surface area contributed by atoms with E-state index in [4.69, 9.17) is 4.52 Å². The molecule has 0 aromatic carbocycles. The smallest absolute Gasteiger partial charge is 0.222 e. The van der Waals surface area contributed by atoms with Crippen molar-refractivity contribution in [3.05, 3.63) is 17.0 Å². The fourth-order valence-electron chi connectivity index (χ4n) is 3.87. The van der Waals surface area contributed by atoms with Gasteiger partial charge in [0.2, 0.25) is 5.91 Å². The highest BCUT2D eigenvalue weighted by molar-refractivity contribution is 5.76. The standard InChI is InChI=1S/C18H29N3O2/c1-14-17(15(2)23-19-14)13-20-8-10-21(11-9-20)18(22)12-16-6-4-3-5-7-16/h16H,3-13H2,1-2H3. The van der Waals surface area contributed by atoms with Gasteiger partial charge in [-0.15, -0.1) is 0 Å². The topological polar surface area (TPSA) is 49.6 Å². The maximum absolute atomic E-state index is 12.5. The number of hydrogen-bond donors (Lipinski definition) is 0. The zero-order valence-electron chi connectivity index (χ0n) is 14.5. The number of hydrogen-bond acceptors (Lipinski definition) is 4. The van der Waals surface area contributed by atoms with Gasteiger partial charge in [0.1, 0.15) is 5.76 Å². The molecule has 3 rings (SSSR count). The van der Waals surface area contributed by atoms with Crippen LogP contribution < -0.4 is 0 Å². The highest BCUT2D eigenvalue weighted by atomic mass is 16.5. The van der Waals surface area contributed by atoms with Crippen molar-refractivity contribution in [2.45, 2.75) is 58.9 Å². The normalized spacial score (nSPS) is 20.9. The molecule has 0 spiro atoms. The van der Waals surface area contributed by atoms with Crippen molar-refractivity contribution in [3.63, 3.8) is 0 Å². The minimum absolute atomic E-state index is 0.369. The molecule has 2 fully saturated rings. The summed E-state index contributed by atoms with van der Waals surface area (Å²) in [5, 5.41) is 4.02. The van der Waals surface area contributed by atoms with E-state index in [-0.39, 0.29) is 0 Å². The zero-order valence-corrected chi connectivity index (χ0v) is 14.5. The van der Waals surface area contributed by atoms with Crippen LogP contribution in [0.5, 0.6) is 0 Å². The predicted molar refractivity (Wildman–Crippen MR) is 89.0 cm³/mol. The van der Waals surface area contributed by atoms with Gasteiger partial charge < -0.3 is 9.42 Å². The highest BCUT2D eigenvalue weighted by Crippen LogP contribution is 2.27. The van der Waals surface area contributed by atoms with E-state index in [1.54, 1.807) is 0 Å². The van der Waals surface area contributed by atoms with Gasteiger partial charge in [0.25, 0.3) is 0 Å². The summed E-state index contributed by atoms with van der Waals surface area (Å²) in [6, 6.07) is 0. The average molecular weight is 319 g/mol. The molecule has 1 amide bonds. The lowest BCUT2D eigenvalue weighted by Crippen LogP contribution is -2.48. The Morgan fingerprint density at radius 2 is 1.83 bits per heavy atom. The van der Waals surface area contributed by atoms with Gasteiger partial charge in [0.15, 0.2) is 0 Å². The monoisotopic (exact) mass is 319 g/mol. The fourth-order valence-corrected chi connectivity index (χ4v) is 3.87. The van der Waals surface area contributed by atoms with Crippen molar-refractivity contribution in [2.24, 2.45) is 5.92 Å². The van der Waals surface area contributed by atoms with Crippen molar-refractivity contribution in [1.29, 1.82) is 0 Å². The maximum atomic E-state index is 12.5. The minimum atomic E-state index is 0.369. The zero-order chi connectivity index (χ0) is 16.2. The van der Waals surface area contributed by atoms with Crippen molar-refractivity contribution in [3.8, 4) is 0 Å². The Morgan fingerprint density at radius 1 is 1.13 bits per heavy atom. The average Bonchev–Trinajstić information content (AvgIpc) is 2.88. The van der Waals surface area contributed by atoms with E-state index in [0.29, 0.717) is 11.8 Å². The van der Waals surface area contributed by atoms with E-state index in [2.05, 4.69) is 15.0 Å². The first-order valence-electron chi connectivity index (χ1n) is 9.05. The van der Waals surface area contributed by atoms with Crippen LogP contribution >= 0.6 is 0 Å². The van der Waals surface area contributed by atoms with Crippen LogP contribution in [0.2, 0.25) is 0 Å². The second-order valence-corrected chi connectivity index (χ2v) is 7.17. The van der Waals surface area contributed by atoms with Gasteiger partial charge in [-0.1, -0.05) is 24.4 Å². The van der Waals surface area contributed by atoms with Gasteiger partial charge in [-0.05, 0) is 32.6 Å². The molecule has 0 radical (unpaired) electrons. The first-order chi connectivity index (χ1) is 11.1. The van der Waals surface area contributed by atoms with E-state index < -0.39 is 0 Å². The number of amides is 1. The quantitative estimate of drug-likeness (QED) is 0.856. The summed E-state index contributed by atoms with van der Waals surface area (Å²) in [6.07, 6.45) is 7.23. The molecule has 1 saturated heterocycles. The fraction of sp³-hybridized carbons (Fsp3) is 0.778. The Morgan fingerprint density at radius 3 is 2.43 bits per heavy atom. The number of aryl methyl sites for hydroxylation is 2. The molecule has 1 aliphatic carbocycles. The summed E-state index contributed by atoms with van der Waals surface area (Å²) in [7, 11) is 0. The predicted octanol–water partition coefficient (Wildman–Crippen LogP) is 2.91. The molecule has 23 heavy (non-hydrogen) atoms. The van der Waals surface area contributed by atoms with Gasteiger partial charge in [0.05, 0.1) is 5.69 Å². The van der Waals surface area contributed by atoms with Crippen LogP contribution in [0.25, 0.3) is 0 Å². The van der Waals surface area contributed by atoms with E-state index in [1.807, 2.05) is 13.8 Å². The number of rotatable bonds is 4. The van der Waals surface area contributed by atoms with Crippen LogP contribution in [0.4, 0.5) is 0 Å². The van der Waals surface area contributed by atoms with E-state index >= 15 is 0 Å². The van der Waals surface area contributed by atoms with Gasteiger partial charge in [-0.25, -0.2) is 0 Å². The SMILES string of the molecule is Cc1noc(C)c1CN1CCN(C(=O)CC2CCCCC2)CC1. The van der Waals surface area contributed by atoms with E-state index in [0.717, 1.165) is 50.6 Å². The molecule has 5 nitrogen and oxygen atoms in total. The van der Waals surface area contributed by atoms with Crippen LogP contribution in [0.1, 0.15) is 55.5 Å². The number of carbonyl (C=O) groups is 1. The Balaban J connectivity index is 1.45. The lowest BCUT2D eigenvalue weighted by molar-refractivity contribution is -0.134. The Bertz CT molecular complexity index is 507. The molecule has 1 aromatic heterocycles. The Labute approximate surface area is 139 Å². The molecule has 0 atom stereocenters. The van der Waals surface area contributed by atoms with Crippen molar-refractivity contribution in [1.82, 2.24) is 15.0 Å². The molecular formula is C18H29N3O2. The summed E-state index contributed by atoms with van der Waals surface area (Å²) in [4.78, 5) is 16.9. The molecular weight excluding hydrogens is 290 g/mol. The minimum Gasteiger partial charge on any atom is -0.361 e. The first kappa shape index (κ1) is 16.5. The number of piperazine rings is 1. The summed E-state index contributed by atoms with van der Waals surface area (Å²) in [5.74, 6) is 1.92. The third-order valence-electron chi connectivity index (χ3n) is 5.48. The van der Waals surface area contributed by atoms with Crippen molar-refractivity contribution >= 4 is 5.91 Å². The molecule has 128 valence electrons. The second-order valence-electron chi connectivity index (χ2n) is 7.17. The van der Waals surface area contributed by atoms with Crippen molar-refractivity contribution < 1.29 is 9.32 Å². The lowest BCUT2D eigenvalue weighted by Gasteiger charge is -2.35. The van der Waals surface area contributed by atoms with Crippen molar-refractivity contribution in [2.75, 3.05) is 26.2 Å². The van der Waals surface area contributed by atoms with Gasteiger partial charge in [-0.3, -0.25) is 9.69 Å². The van der Waals surface area contributed by atoms with E-state index in [9.17, 15) is 4.79 Å². The Hall–Kier alpha value is -1.36. The molecule has 0 unspecified atom stereocenters. The number of carbonyl (C=O) groups excluding carboxylic acids is 1. The summed E-state index contributed by atoms with van der Waals surface area (Å²) < 4.78 is 5.24. The number of nitrogens with zero attached hydrogens (tertiary/aromatic N) is 3. The first-order valence-corrected chi connectivity index (χ1v) is 9.05. The molecule has 2 aliphatic rings. The van der Waals surface area contributed by atoms with Crippen LogP contribution in [0, 0.1) is 19.8 Å². The molecule has 2 heterocycles. The maximum Gasteiger partial charge on any atom is 0.222 e. The third kappa shape index (κ3) is 4.14. The third-order valence-corrected chi connectivity index (χ3v) is 5.48. The van der Waals surface area contributed by atoms with E-state index in [1.165, 1.54) is 37.7 Å². The Kier molecular flexibility index (Phi) is 5.36. The largest absolute Gasteiger partial charge is 0.361 e. The second kappa shape index (κ2) is 7.47. The molecule has 5 heteroatoms. The van der Waals surface area contributed by atoms with Crippen LogP contribution in [-0.2, 0) is 11.3 Å². The summed E-state index contributed by atoms with van der Waals surface area (Å²) in [6.45, 7) is 8.45. The molecule has 1 saturated carbocycles. The lowest BCUT2D eigenvalue weighted by atomic mass is 9.86. The van der Waals surface area contributed by atoms with Gasteiger partial charge in [0, 0.05) is 44.7 Å². The molecule has 1 aliphatic heterocycles.